The minimum atomic E-state index is -4.41. The second-order valence-electron chi connectivity index (χ2n) is 5.96. The van der Waals surface area contributed by atoms with E-state index < -0.39 is 40.1 Å². The topological polar surface area (TPSA) is 136 Å². The highest BCUT2D eigenvalue weighted by molar-refractivity contribution is 7.85. The predicted molar refractivity (Wildman–Crippen MR) is 66.6 cm³/mol. The van der Waals surface area contributed by atoms with E-state index in [1.807, 2.05) is 0 Å². The van der Waals surface area contributed by atoms with Crippen LogP contribution in [0.2, 0.25) is 0 Å². The molecular weight excluding hydrogens is 302 g/mol. The highest BCUT2D eigenvalue weighted by Crippen LogP contribution is 2.55. The Morgan fingerprint density at radius 1 is 1.48 bits per heavy atom. The van der Waals surface area contributed by atoms with Crippen LogP contribution in [0.3, 0.4) is 0 Å². The molecule has 6 unspecified atom stereocenters. The smallest absolute Gasteiger partial charge is 0.323 e. The van der Waals surface area contributed by atoms with E-state index in [1.54, 1.807) is 0 Å². The zero-order chi connectivity index (χ0) is 15.4. The number of ether oxygens (including phenoxy) is 2. The number of rotatable bonds is 5. The van der Waals surface area contributed by atoms with Crippen LogP contribution in [0.5, 0.6) is 0 Å². The van der Waals surface area contributed by atoms with Gasteiger partial charge in [0.15, 0.2) is 0 Å². The van der Waals surface area contributed by atoms with Gasteiger partial charge in [-0.25, -0.2) is 8.42 Å². The summed E-state index contributed by atoms with van der Waals surface area (Å²) in [6, 6.07) is -1.17. The summed E-state index contributed by atoms with van der Waals surface area (Å²) in [6.45, 7) is 0. The summed E-state index contributed by atoms with van der Waals surface area (Å²) in [7, 11) is -4.41. The largest absolute Gasteiger partial charge is 0.748 e. The summed E-state index contributed by atoms with van der Waals surface area (Å²) in [5.41, 5.74) is 5.54. The van der Waals surface area contributed by atoms with Crippen molar-refractivity contribution in [1.29, 1.82) is 0 Å². The molecule has 0 aromatic heterocycles. The lowest BCUT2D eigenvalue weighted by molar-refractivity contribution is -0.163. The molecule has 21 heavy (non-hydrogen) atoms. The molecule has 0 amide bonds. The van der Waals surface area contributed by atoms with Gasteiger partial charge in [0.1, 0.15) is 18.2 Å². The fourth-order valence-corrected chi connectivity index (χ4v) is 4.22. The van der Waals surface area contributed by atoms with Gasteiger partial charge in [0.05, 0.1) is 16.0 Å². The average molecular weight is 318 g/mol. The quantitative estimate of drug-likeness (QED) is 0.490. The van der Waals surface area contributed by atoms with Gasteiger partial charge in [0.25, 0.3) is 0 Å². The molecule has 3 fully saturated rings. The van der Waals surface area contributed by atoms with Crippen LogP contribution in [0.25, 0.3) is 0 Å². The van der Waals surface area contributed by atoms with Crippen molar-refractivity contribution in [1.82, 2.24) is 0 Å². The Morgan fingerprint density at radius 2 is 2.19 bits per heavy atom. The van der Waals surface area contributed by atoms with Crippen molar-refractivity contribution < 1.29 is 32.0 Å². The van der Waals surface area contributed by atoms with Gasteiger partial charge in [-0.15, -0.1) is 0 Å². The van der Waals surface area contributed by atoms with Crippen LogP contribution in [-0.4, -0.2) is 48.9 Å². The van der Waals surface area contributed by atoms with Crippen LogP contribution >= 0.6 is 0 Å². The zero-order valence-corrected chi connectivity index (χ0v) is 12.0. The number of hydrogen-bond donors (Lipinski definition) is 1. The van der Waals surface area contributed by atoms with Gasteiger partial charge in [0.2, 0.25) is 0 Å². The lowest BCUT2D eigenvalue weighted by atomic mass is 9.88. The Bertz CT molecular complexity index is 574. The number of carbonyl (C=O) groups excluding carboxylic acids is 2. The summed E-state index contributed by atoms with van der Waals surface area (Å²) in [5.74, 6) is -1.56. The van der Waals surface area contributed by atoms with Crippen LogP contribution < -0.4 is 5.73 Å². The van der Waals surface area contributed by atoms with Gasteiger partial charge in [0, 0.05) is 17.6 Å². The second kappa shape index (κ2) is 4.92. The Balaban J connectivity index is 1.58. The van der Waals surface area contributed by atoms with Crippen molar-refractivity contribution in [2.24, 2.45) is 23.5 Å². The molecule has 2 saturated carbocycles. The highest BCUT2D eigenvalue weighted by atomic mass is 32.2. The van der Waals surface area contributed by atoms with Crippen molar-refractivity contribution in [3.8, 4) is 0 Å². The van der Waals surface area contributed by atoms with Crippen molar-refractivity contribution in [2.45, 2.75) is 37.5 Å². The SMILES string of the molecule is NC(CCS(=O)(=O)[O-])C(=O)OC1C2CC3C(=O)OC1C3C2. The van der Waals surface area contributed by atoms with E-state index in [-0.39, 0.29) is 30.1 Å². The fraction of sp³-hybridized carbons (Fsp3) is 0.833. The number of esters is 2. The van der Waals surface area contributed by atoms with Gasteiger partial charge in [-0.2, -0.15) is 0 Å². The van der Waals surface area contributed by atoms with E-state index >= 15 is 0 Å². The maximum Gasteiger partial charge on any atom is 0.323 e. The molecule has 0 spiro atoms. The Morgan fingerprint density at radius 3 is 2.86 bits per heavy atom. The molecule has 1 saturated heterocycles. The van der Waals surface area contributed by atoms with Crippen molar-refractivity contribution in [3.05, 3.63) is 0 Å². The summed E-state index contributed by atoms with van der Waals surface area (Å²) >= 11 is 0. The van der Waals surface area contributed by atoms with E-state index in [9.17, 15) is 22.6 Å². The van der Waals surface area contributed by atoms with E-state index in [2.05, 4.69) is 0 Å². The minimum absolute atomic E-state index is 0.0748. The number of carbonyl (C=O) groups is 2. The lowest BCUT2D eigenvalue weighted by Crippen LogP contribution is -2.42. The normalized spacial score (nSPS) is 38.4. The van der Waals surface area contributed by atoms with Crippen LogP contribution in [-0.2, 0) is 29.2 Å². The first kappa shape index (κ1) is 14.7. The Labute approximate surface area is 121 Å². The van der Waals surface area contributed by atoms with Crippen LogP contribution in [0.4, 0.5) is 0 Å². The second-order valence-corrected chi connectivity index (χ2v) is 7.49. The molecule has 2 N–H and O–H groups in total. The van der Waals surface area contributed by atoms with Gasteiger partial charge in [-0.3, -0.25) is 9.59 Å². The number of fused-ring (bicyclic) bond motifs is 1. The maximum absolute atomic E-state index is 11.9. The number of nitrogens with two attached hydrogens (primary N) is 1. The Kier molecular flexibility index (Phi) is 3.45. The standard InChI is InChI=1S/C12H17NO7S/c13-8(1-2-21(16,17)18)12(15)19-9-5-3-6-7(4-5)11(14)20-10(6)9/h5-10H,1-4,13H2,(H,16,17,18)/p-1. The minimum Gasteiger partial charge on any atom is -0.748 e. The molecule has 0 aromatic carbocycles. The van der Waals surface area contributed by atoms with Crippen LogP contribution in [0, 0.1) is 17.8 Å². The van der Waals surface area contributed by atoms with Crippen LogP contribution in [0.15, 0.2) is 0 Å². The third-order valence-electron chi connectivity index (χ3n) is 4.65. The van der Waals surface area contributed by atoms with Crippen molar-refractivity contribution in [3.63, 3.8) is 0 Å². The molecule has 1 aliphatic heterocycles. The molecule has 118 valence electrons. The summed E-state index contributed by atoms with van der Waals surface area (Å²) < 4.78 is 42.1. The van der Waals surface area contributed by atoms with Crippen molar-refractivity contribution in [2.75, 3.05) is 5.75 Å². The zero-order valence-electron chi connectivity index (χ0n) is 11.1. The average Bonchev–Trinajstić information content (AvgIpc) is 2.99. The van der Waals surface area contributed by atoms with Crippen molar-refractivity contribution >= 4 is 22.1 Å². The highest BCUT2D eigenvalue weighted by Gasteiger charge is 2.63. The van der Waals surface area contributed by atoms with E-state index in [4.69, 9.17) is 15.2 Å². The van der Waals surface area contributed by atoms with Gasteiger partial charge in [-0.1, -0.05) is 0 Å². The molecule has 6 atom stereocenters. The molecule has 0 aromatic rings. The summed E-state index contributed by atoms with van der Waals surface area (Å²) in [6.07, 6.45) is 0.268. The molecule has 9 heteroatoms. The maximum atomic E-state index is 11.9. The first-order valence-electron chi connectivity index (χ1n) is 6.86. The molecule has 2 bridgehead atoms. The first-order valence-corrected chi connectivity index (χ1v) is 8.44. The predicted octanol–water partition coefficient (Wildman–Crippen LogP) is -1.26. The molecule has 2 aliphatic carbocycles. The monoisotopic (exact) mass is 318 g/mol. The molecular formula is C12H16NO7S-. The molecule has 8 nitrogen and oxygen atoms in total. The van der Waals surface area contributed by atoms with Crippen LogP contribution in [0.1, 0.15) is 19.3 Å². The molecule has 0 radical (unpaired) electrons. The van der Waals surface area contributed by atoms with E-state index in [0.717, 1.165) is 6.42 Å². The third-order valence-corrected chi connectivity index (χ3v) is 5.38. The third kappa shape index (κ3) is 2.65. The fourth-order valence-electron chi connectivity index (χ4n) is 3.68. The first-order chi connectivity index (χ1) is 9.76. The number of hydrogen-bond acceptors (Lipinski definition) is 8. The van der Waals surface area contributed by atoms with E-state index in [0.29, 0.717) is 6.42 Å². The lowest BCUT2D eigenvalue weighted by Gasteiger charge is -2.26. The molecule has 3 aliphatic rings. The van der Waals surface area contributed by atoms with Gasteiger partial charge >= 0.3 is 11.9 Å². The molecule has 1 heterocycles. The molecule has 3 rings (SSSR count). The van der Waals surface area contributed by atoms with Gasteiger partial charge in [-0.05, 0) is 19.3 Å². The summed E-state index contributed by atoms with van der Waals surface area (Å²) in [4.78, 5) is 23.4. The summed E-state index contributed by atoms with van der Waals surface area (Å²) in [5, 5.41) is 0. The van der Waals surface area contributed by atoms with E-state index in [1.165, 1.54) is 0 Å². The van der Waals surface area contributed by atoms with Gasteiger partial charge < -0.3 is 19.8 Å². The Hall–Kier alpha value is -1.19.